The molecule has 0 radical (unpaired) electrons. The second kappa shape index (κ2) is 5.15. The zero-order chi connectivity index (χ0) is 14.2. The van der Waals surface area contributed by atoms with E-state index in [1.165, 1.54) is 12.3 Å². The van der Waals surface area contributed by atoms with Crippen molar-refractivity contribution in [3.8, 4) is 6.07 Å². The van der Waals surface area contributed by atoms with Crippen LogP contribution in [0.2, 0.25) is 0 Å². The fraction of sp³-hybridized carbons (Fsp3) is 0.571. The van der Waals surface area contributed by atoms with Crippen molar-refractivity contribution in [2.24, 2.45) is 0 Å². The number of rotatable bonds is 4. The summed E-state index contributed by atoms with van der Waals surface area (Å²) < 4.78 is 27.5. The Kier molecular flexibility index (Phi) is 3.48. The predicted octanol–water partition coefficient (Wildman–Crippen LogP) is 2.05. The van der Waals surface area contributed by atoms with Crippen LogP contribution in [0.1, 0.15) is 44.2 Å². The van der Waals surface area contributed by atoms with Crippen molar-refractivity contribution in [3.63, 3.8) is 0 Å². The van der Waals surface area contributed by atoms with E-state index in [1.54, 1.807) is 10.4 Å². The molecular formula is C14H17N3O2S. The Morgan fingerprint density at radius 2 is 1.80 bits per heavy atom. The topological polar surface area (TPSA) is 74.1 Å². The normalized spacial score (nSPS) is 20.2. The third-order valence-corrected chi connectivity index (χ3v) is 6.34. The molecule has 0 aliphatic heterocycles. The molecule has 0 N–H and O–H groups in total. The lowest BCUT2D eigenvalue weighted by atomic mass is 9.87. The molecule has 1 aromatic heterocycles. The van der Waals surface area contributed by atoms with Gasteiger partial charge in [-0.1, -0.05) is 12.8 Å². The fourth-order valence-corrected chi connectivity index (χ4v) is 4.80. The van der Waals surface area contributed by atoms with Crippen molar-refractivity contribution in [2.45, 2.75) is 55.5 Å². The summed E-state index contributed by atoms with van der Waals surface area (Å²) in [4.78, 5) is 3.94. The first-order chi connectivity index (χ1) is 9.64. The van der Waals surface area contributed by atoms with Crippen LogP contribution in [0.15, 0.2) is 23.2 Å². The van der Waals surface area contributed by atoms with Crippen LogP contribution in [0.4, 0.5) is 0 Å². The Morgan fingerprint density at radius 3 is 2.25 bits per heavy atom. The first kappa shape index (κ1) is 13.5. The SMILES string of the molecule is N#Cc1ncccc1S(=O)(=O)N(C1CCC1)C1CCC1. The molecule has 5 nitrogen and oxygen atoms in total. The van der Waals surface area contributed by atoms with Crippen molar-refractivity contribution in [1.82, 2.24) is 9.29 Å². The van der Waals surface area contributed by atoms with E-state index in [1.807, 2.05) is 6.07 Å². The minimum Gasteiger partial charge on any atom is -0.244 e. The van der Waals surface area contributed by atoms with Gasteiger partial charge < -0.3 is 0 Å². The lowest BCUT2D eigenvalue weighted by molar-refractivity contribution is 0.124. The number of aromatic nitrogens is 1. The summed E-state index contributed by atoms with van der Waals surface area (Å²) in [6, 6.07) is 5.17. The van der Waals surface area contributed by atoms with E-state index in [-0.39, 0.29) is 22.7 Å². The quantitative estimate of drug-likeness (QED) is 0.851. The Balaban J connectivity index is 2.02. The Bertz CT molecular complexity index is 629. The number of pyridine rings is 1. The average Bonchev–Trinajstić information content (AvgIpc) is 2.33. The van der Waals surface area contributed by atoms with E-state index < -0.39 is 10.0 Å². The van der Waals surface area contributed by atoms with Gasteiger partial charge in [0.2, 0.25) is 10.0 Å². The van der Waals surface area contributed by atoms with E-state index in [4.69, 9.17) is 5.26 Å². The highest BCUT2D eigenvalue weighted by atomic mass is 32.2. The second-order valence-electron chi connectivity index (χ2n) is 5.47. The second-order valence-corrected chi connectivity index (χ2v) is 7.28. The van der Waals surface area contributed by atoms with Gasteiger partial charge in [0.15, 0.2) is 5.69 Å². The van der Waals surface area contributed by atoms with Gasteiger partial charge in [0.05, 0.1) is 0 Å². The Labute approximate surface area is 119 Å². The number of nitrogens with zero attached hydrogens (tertiary/aromatic N) is 3. The van der Waals surface area contributed by atoms with E-state index in [9.17, 15) is 8.42 Å². The lowest BCUT2D eigenvalue weighted by Crippen LogP contribution is -2.52. The van der Waals surface area contributed by atoms with E-state index in [2.05, 4.69) is 4.98 Å². The number of sulfonamides is 1. The van der Waals surface area contributed by atoms with Crippen LogP contribution in [0.5, 0.6) is 0 Å². The summed E-state index contributed by atoms with van der Waals surface area (Å²) in [7, 11) is -3.62. The van der Waals surface area contributed by atoms with Gasteiger partial charge in [0.25, 0.3) is 0 Å². The predicted molar refractivity (Wildman–Crippen MR) is 73.3 cm³/mol. The monoisotopic (exact) mass is 291 g/mol. The van der Waals surface area contributed by atoms with Gasteiger partial charge in [0, 0.05) is 18.3 Å². The number of hydrogen-bond acceptors (Lipinski definition) is 4. The Morgan fingerprint density at radius 1 is 1.20 bits per heavy atom. The van der Waals surface area contributed by atoms with Crippen LogP contribution in [0.25, 0.3) is 0 Å². The molecule has 2 saturated carbocycles. The standard InChI is InChI=1S/C14H17N3O2S/c15-10-13-14(8-3-9-16-13)20(18,19)17(11-4-1-5-11)12-6-2-7-12/h3,8-9,11-12H,1-2,4-7H2. The summed E-state index contributed by atoms with van der Waals surface area (Å²) >= 11 is 0. The van der Waals surface area contributed by atoms with Gasteiger partial charge in [0.1, 0.15) is 11.0 Å². The molecule has 0 bridgehead atoms. The van der Waals surface area contributed by atoms with Gasteiger partial charge in [-0.3, -0.25) is 0 Å². The highest BCUT2D eigenvalue weighted by Crippen LogP contribution is 2.38. The molecule has 1 aromatic rings. The smallest absolute Gasteiger partial charge is 0.244 e. The van der Waals surface area contributed by atoms with Gasteiger partial charge in [-0.05, 0) is 37.8 Å². The first-order valence-electron chi connectivity index (χ1n) is 7.03. The maximum atomic E-state index is 12.9. The molecule has 2 fully saturated rings. The van der Waals surface area contributed by atoms with Gasteiger partial charge in [-0.15, -0.1) is 0 Å². The van der Waals surface area contributed by atoms with E-state index in [0.29, 0.717) is 0 Å². The molecule has 2 aliphatic carbocycles. The highest BCUT2D eigenvalue weighted by molar-refractivity contribution is 7.89. The van der Waals surface area contributed by atoms with Crippen molar-refractivity contribution < 1.29 is 8.42 Å². The fourth-order valence-electron chi connectivity index (χ4n) is 2.77. The summed E-state index contributed by atoms with van der Waals surface area (Å²) in [5.74, 6) is 0. The summed E-state index contributed by atoms with van der Waals surface area (Å²) in [6.45, 7) is 0. The van der Waals surface area contributed by atoms with Crippen LogP contribution in [0, 0.1) is 11.3 Å². The molecule has 0 unspecified atom stereocenters. The zero-order valence-corrected chi connectivity index (χ0v) is 12.0. The van der Waals surface area contributed by atoms with Gasteiger partial charge in [-0.2, -0.15) is 9.57 Å². The molecule has 6 heteroatoms. The van der Waals surface area contributed by atoms with E-state index >= 15 is 0 Å². The molecule has 0 spiro atoms. The van der Waals surface area contributed by atoms with Crippen LogP contribution >= 0.6 is 0 Å². The number of nitriles is 1. The Hall–Kier alpha value is -1.45. The maximum Gasteiger partial charge on any atom is 0.246 e. The minimum atomic E-state index is -3.62. The summed E-state index contributed by atoms with van der Waals surface area (Å²) in [5.41, 5.74) is -0.00357. The zero-order valence-electron chi connectivity index (χ0n) is 11.2. The molecule has 1 heterocycles. The van der Waals surface area contributed by atoms with Crippen molar-refractivity contribution in [2.75, 3.05) is 0 Å². The van der Waals surface area contributed by atoms with Crippen LogP contribution in [-0.4, -0.2) is 29.8 Å². The van der Waals surface area contributed by atoms with Crippen LogP contribution in [0.3, 0.4) is 0 Å². The maximum absolute atomic E-state index is 12.9. The molecule has 2 aliphatic rings. The molecular weight excluding hydrogens is 274 g/mol. The van der Waals surface area contributed by atoms with Gasteiger partial charge in [-0.25, -0.2) is 13.4 Å². The molecule has 3 rings (SSSR count). The average molecular weight is 291 g/mol. The molecule has 0 aromatic carbocycles. The number of hydrogen-bond donors (Lipinski definition) is 0. The van der Waals surface area contributed by atoms with Crippen molar-refractivity contribution >= 4 is 10.0 Å². The van der Waals surface area contributed by atoms with Crippen molar-refractivity contribution in [3.05, 3.63) is 24.0 Å². The van der Waals surface area contributed by atoms with Crippen LogP contribution < -0.4 is 0 Å². The summed E-state index contributed by atoms with van der Waals surface area (Å²) in [5, 5.41) is 9.09. The molecule has 0 atom stereocenters. The minimum absolute atomic E-state index is 0.00357. The van der Waals surface area contributed by atoms with Gasteiger partial charge >= 0.3 is 0 Å². The molecule has 106 valence electrons. The highest BCUT2D eigenvalue weighted by Gasteiger charge is 2.42. The lowest BCUT2D eigenvalue weighted by Gasteiger charge is -2.44. The molecule has 0 saturated heterocycles. The first-order valence-corrected chi connectivity index (χ1v) is 8.47. The third kappa shape index (κ3) is 2.11. The van der Waals surface area contributed by atoms with E-state index in [0.717, 1.165) is 38.5 Å². The molecule has 20 heavy (non-hydrogen) atoms. The largest absolute Gasteiger partial charge is 0.246 e. The molecule has 0 amide bonds. The van der Waals surface area contributed by atoms with Crippen molar-refractivity contribution in [1.29, 1.82) is 5.26 Å². The summed E-state index contributed by atoms with van der Waals surface area (Å²) in [6.07, 6.45) is 7.34. The third-order valence-electron chi connectivity index (χ3n) is 4.30. The van der Waals surface area contributed by atoms with Crippen LogP contribution in [-0.2, 0) is 10.0 Å².